The molecule has 7 heteroatoms. The summed E-state index contributed by atoms with van der Waals surface area (Å²) in [5.41, 5.74) is -0.250. The van der Waals surface area contributed by atoms with E-state index in [1.807, 2.05) is 5.38 Å². The minimum atomic E-state index is -0.692. The van der Waals surface area contributed by atoms with E-state index < -0.39 is 11.7 Å². The topological polar surface area (TPSA) is 56.7 Å². The molecule has 1 aliphatic heterocycles. The van der Waals surface area contributed by atoms with Gasteiger partial charge in [-0.25, -0.2) is 9.37 Å². The molecule has 0 radical (unpaired) electrons. The number of thiazole rings is 1. The lowest BCUT2D eigenvalue weighted by atomic mass is 10.1. The first kappa shape index (κ1) is 13.8. The van der Waals surface area contributed by atoms with Gasteiger partial charge in [0.25, 0.3) is 5.91 Å². The molecule has 1 aliphatic rings. The van der Waals surface area contributed by atoms with Crippen molar-refractivity contribution in [3.63, 3.8) is 0 Å². The molecule has 0 unspecified atom stereocenters. The molecular formula is C14H14FN3O2S. The summed E-state index contributed by atoms with van der Waals surface area (Å²) in [5.74, 6) is -1.48. The number of rotatable bonds is 2. The number of carbonyl (C=O) groups is 1. The van der Waals surface area contributed by atoms with E-state index in [1.54, 1.807) is 22.4 Å². The molecule has 110 valence electrons. The maximum atomic E-state index is 13.7. The molecule has 21 heavy (non-hydrogen) atoms. The summed E-state index contributed by atoms with van der Waals surface area (Å²) < 4.78 is 13.7. The summed E-state index contributed by atoms with van der Waals surface area (Å²) in [6, 6.07) is 3.88. The Balaban J connectivity index is 1.71. The van der Waals surface area contributed by atoms with E-state index in [1.165, 1.54) is 18.2 Å². The molecule has 1 fully saturated rings. The number of aromatic hydroxyl groups is 1. The molecule has 0 bridgehead atoms. The summed E-state index contributed by atoms with van der Waals surface area (Å²) in [6.45, 7) is 2.25. The summed E-state index contributed by atoms with van der Waals surface area (Å²) in [4.78, 5) is 20.2. The van der Waals surface area contributed by atoms with Crippen molar-refractivity contribution in [1.29, 1.82) is 0 Å². The fraction of sp³-hybridized carbons (Fsp3) is 0.286. The number of anilines is 1. The molecule has 3 rings (SSSR count). The van der Waals surface area contributed by atoms with Crippen LogP contribution in [0.25, 0.3) is 0 Å². The molecule has 2 heterocycles. The lowest BCUT2D eigenvalue weighted by molar-refractivity contribution is 0.0738. The molecule has 0 atom stereocenters. The Bertz CT molecular complexity index is 619. The number of phenolic OH excluding ortho intramolecular Hbond substituents is 1. The molecule has 1 amide bonds. The molecule has 1 aromatic carbocycles. The van der Waals surface area contributed by atoms with E-state index in [9.17, 15) is 14.3 Å². The van der Waals surface area contributed by atoms with Crippen molar-refractivity contribution in [1.82, 2.24) is 9.88 Å². The van der Waals surface area contributed by atoms with Crippen LogP contribution in [0.2, 0.25) is 0 Å². The largest absolute Gasteiger partial charge is 0.507 e. The zero-order valence-corrected chi connectivity index (χ0v) is 12.0. The molecule has 0 aliphatic carbocycles. The van der Waals surface area contributed by atoms with Gasteiger partial charge >= 0.3 is 0 Å². The van der Waals surface area contributed by atoms with Crippen molar-refractivity contribution in [3.8, 4) is 5.75 Å². The second-order valence-electron chi connectivity index (χ2n) is 4.73. The summed E-state index contributed by atoms with van der Waals surface area (Å²) in [6.07, 6.45) is 1.74. The van der Waals surface area contributed by atoms with Gasteiger partial charge in [0.2, 0.25) is 0 Å². The number of hydrogen-bond donors (Lipinski definition) is 1. The summed E-state index contributed by atoms with van der Waals surface area (Å²) >= 11 is 1.55. The maximum Gasteiger partial charge on any atom is 0.260 e. The van der Waals surface area contributed by atoms with Crippen LogP contribution in [0.1, 0.15) is 10.4 Å². The van der Waals surface area contributed by atoms with Gasteiger partial charge in [0.05, 0.1) is 0 Å². The van der Waals surface area contributed by atoms with Gasteiger partial charge in [-0.2, -0.15) is 0 Å². The number of hydrogen-bond acceptors (Lipinski definition) is 5. The zero-order chi connectivity index (χ0) is 14.8. The van der Waals surface area contributed by atoms with Crippen LogP contribution in [-0.4, -0.2) is 47.1 Å². The lowest BCUT2D eigenvalue weighted by Gasteiger charge is -2.34. The first-order valence-electron chi connectivity index (χ1n) is 6.58. The highest BCUT2D eigenvalue weighted by Gasteiger charge is 2.26. The van der Waals surface area contributed by atoms with E-state index in [0.29, 0.717) is 26.2 Å². The minimum Gasteiger partial charge on any atom is -0.507 e. The summed E-state index contributed by atoms with van der Waals surface area (Å²) in [7, 11) is 0. The van der Waals surface area contributed by atoms with Crippen molar-refractivity contribution < 1.29 is 14.3 Å². The standard InChI is InChI=1S/C14H14FN3O2S/c15-10-2-1-3-11(19)12(10)13(20)17-5-7-18(8-6-17)14-16-4-9-21-14/h1-4,9,19H,5-8H2. The second kappa shape index (κ2) is 5.69. The Morgan fingerprint density at radius 3 is 2.67 bits per heavy atom. The number of aromatic nitrogens is 1. The fourth-order valence-corrected chi connectivity index (χ4v) is 3.05. The van der Waals surface area contributed by atoms with Crippen molar-refractivity contribution in [2.75, 3.05) is 31.1 Å². The minimum absolute atomic E-state index is 0.250. The smallest absolute Gasteiger partial charge is 0.260 e. The lowest BCUT2D eigenvalue weighted by Crippen LogP contribution is -2.49. The van der Waals surface area contributed by atoms with Crippen LogP contribution >= 0.6 is 11.3 Å². The van der Waals surface area contributed by atoms with Crippen LogP contribution in [0.5, 0.6) is 5.75 Å². The molecule has 0 spiro atoms. The molecule has 1 saturated heterocycles. The SMILES string of the molecule is O=C(c1c(O)cccc1F)N1CCN(c2nccs2)CC1. The third-order valence-electron chi connectivity index (χ3n) is 3.46. The zero-order valence-electron chi connectivity index (χ0n) is 11.2. The van der Waals surface area contributed by atoms with Crippen LogP contribution < -0.4 is 4.90 Å². The number of halogens is 1. The normalized spacial score (nSPS) is 15.3. The van der Waals surface area contributed by atoms with Gasteiger partial charge in [-0.15, -0.1) is 11.3 Å². The van der Waals surface area contributed by atoms with Crippen LogP contribution in [0.4, 0.5) is 9.52 Å². The van der Waals surface area contributed by atoms with Gasteiger partial charge in [0, 0.05) is 37.8 Å². The van der Waals surface area contributed by atoms with Gasteiger partial charge in [-0.3, -0.25) is 4.79 Å². The quantitative estimate of drug-likeness (QED) is 0.921. The Morgan fingerprint density at radius 2 is 2.05 bits per heavy atom. The van der Waals surface area contributed by atoms with Gasteiger partial charge in [0.1, 0.15) is 17.1 Å². The van der Waals surface area contributed by atoms with Crippen molar-refractivity contribution >= 4 is 22.4 Å². The van der Waals surface area contributed by atoms with Crippen LogP contribution in [0, 0.1) is 5.82 Å². The second-order valence-corrected chi connectivity index (χ2v) is 5.60. The first-order valence-corrected chi connectivity index (χ1v) is 7.46. The average Bonchev–Trinajstić information content (AvgIpc) is 3.01. The Hall–Kier alpha value is -2.15. The average molecular weight is 307 g/mol. The number of benzene rings is 1. The predicted molar refractivity (Wildman–Crippen MR) is 78.3 cm³/mol. The van der Waals surface area contributed by atoms with Gasteiger partial charge in [-0.05, 0) is 12.1 Å². The molecule has 1 N–H and O–H groups in total. The summed E-state index contributed by atoms with van der Waals surface area (Å²) in [5, 5.41) is 12.5. The van der Waals surface area contributed by atoms with E-state index in [2.05, 4.69) is 9.88 Å². The highest BCUT2D eigenvalue weighted by Crippen LogP contribution is 2.24. The van der Waals surface area contributed by atoms with E-state index in [-0.39, 0.29) is 11.3 Å². The van der Waals surface area contributed by atoms with Crippen LogP contribution in [-0.2, 0) is 0 Å². The Kier molecular flexibility index (Phi) is 3.74. The Labute approximate surface area is 125 Å². The third-order valence-corrected chi connectivity index (χ3v) is 4.29. The van der Waals surface area contributed by atoms with Crippen LogP contribution in [0.15, 0.2) is 29.8 Å². The van der Waals surface area contributed by atoms with Gasteiger partial charge in [-0.1, -0.05) is 6.07 Å². The number of nitrogens with zero attached hydrogens (tertiary/aromatic N) is 3. The maximum absolute atomic E-state index is 13.7. The van der Waals surface area contributed by atoms with Crippen molar-refractivity contribution in [2.45, 2.75) is 0 Å². The number of amides is 1. The number of piperazine rings is 1. The Morgan fingerprint density at radius 1 is 1.29 bits per heavy atom. The van der Waals surface area contributed by atoms with E-state index >= 15 is 0 Å². The molecule has 2 aromatic rings. The van der Waals surface area contributed by atoms with Gasteiger partial charge in [0.15, 0.2) is 5.13 Å². The molecule has 1 aromatic heterocycles. The van der Waals surface area contributed by atoms with Crippen molar-refractivity contribution in [3.05, 3.63) is 41.2 Å². The first-order chi connectivity index (χ1) is 10.2. The predicted octanol–water partition coefficient (Wildman–Crippen LogP) is 1.95. The molecule has 5 nitrogen and oxygen atoms in total. The third kappa shape index (κ3) is 2.69. The van der Waals surface area contributed by atoms with E-state index in [4.69, 9.17) is 0 Å². The number of phenols is 1. The monoisotopic (exact) mass is 307 g/mol. The van der Waals surface area contributed by atoms with Crippen LogP contribution in [0.3, 0.4) is 0 Å². The molecule has 0 saturated carbocycles. The van der Waals surface area contributed by atoms with Gasteiger partial charge < -0.3 is 14.9 Å². The highest BCUT2D eigenvalue weighted by molar-refractivity contribution is 7.13. The fourth-order valence-electron chi connectivity index (χ4n) is 2.36. The number of carbonyl (C=O) groups excluding carboxylic acids is 1. The van der Waals surface area contributed by atoms with Crippen molar-refractivity contribution in [2.24, 2.45) is 0 Å². The highest BCUT2D eigenvalue weighted by atomic mass is 32.1. The molecular weight excluding hydrogens is 293 g/mol. The van der Waals surface area contributed by atoms with E-state index in [0.717, 1.165) is 5.13 Å².